The summed E-state index contributed by atoms with van der Waals surface area (Å²) < 4.78 is 5.16. The van der Waals surface area contributed by atoms with Gasteiger partial charge in [-0.25, -0.2) is 0 Å². The number of hydrogen-bond acceptors (Lipinski definition) is 3. The van der Waals surface area contributed by atoms with E-state index in [1.54, 1.807) is 0 Å². The summed E-state index contributed by atoms with van der Waals surface area (Å²) in [6.07, 6.45) is 5.50. The molecule has 3 atom stereocenters. The van der Waals surface area contributed by atoms with Crippen molar-refractivity contribution in [2.45, 2.75) is 46.0 Å². The van der Waals surface area contributed by atoms with Gasteiger partial charge >= 0.3 is 5.97 Å². The highest BCUT2D eigenvalue weighted by atomic mass is 16.5. The molecule has 1 N–H and O–H groups in total. The number of aryl methyl sites for hydroxylation is 2. The summed E-state index contributed by atoms with van der Waals surface area (Å²) in [7, 11) is 0. The van der Waals surface area contributed by atoms with Crippen molar-refractivity contribution >= 4 is 17.6 Å². The van der Waals surface area contributed by atoms with Gasteiger partial charge in [0.15, 0.2) is 6.61 Å². The fourth-order valence-electron chi connectivity index (χ4n) is 4.10. The van der Waals surface area contributed by atoms with E-state index in [2.05, 4.69) is 5.32 Å². The number of anilines is 1. The van der Waals surface area contributed by atoms with Crippen molar-refractivity contribution in [1.82, 2.24) is 0 Å². The molecule has 0 aliphatic heterocycles. The van der Waals surface area contributed by atoms with Gasteiger partial charge in [0.1, 0.15) is 0 Å². The molecule has 0 spiro atoms. The molecule has 23 heavy (non-hydrogen) atoms. The van der Waals surface area contributed by atoms with E-state index >= 15 is 0 Å². The number of amides is 1. The molecular weight excluding hydrogens is 290 g/mol. The van der Waals surface area contributed by atoms with Gasteiger partial charge in [-0.15, -0.1) is 0 Å². The average molecular weight is 315 g/mol. The van der Waals surface area contributed by atoms with E-state index in [9.17, 15) is 9.59 Å². The molecule has 2 aliphatic carbocycles. The Kier molecular flexibility index (Phi) is 4.69. The van der Waals surface area contributed by atoms with Crippen LogP contribution in [0.15, 0.2) is 18.2 Å². The Morgan fingerprint density at radius 2 is 2.04 bits per heavy atom. The quantitative estimate of drug-likeness (QED) is 0.845. The lowest BCUT2D eigenvalue weighted by Gasteiger charge is -2.20. The van der Waals surface area contributed by atoms with E-state index in [0.29, 0.717) is 18.3 Å². The lowest BCUT2D eigenvalue weighted by Crippen LogP contribution is -2.23. The van der Waals surface area contributed by atoms with E-state index in [4.69, 9.17) is 4.74 Å². The van der Waals surface area contributed by atoms with Gasteiger partial charge in [-0.05, 0) is 68.1 Å². The summed E-state index contributed by atoms with van der Waals surface area (Å²) in [6.45, 7) is 3.72. The molecule has 0 heterocycles. The van der Waals surface area contributed by atoms with Crippen LogP contribution in [0.3, 0.4) is 0 Å². The number of carbonyl (C=O) groups excluding carboxylic acids is 2. The van der Waals surface area contributed by atoms with Crippen molar-refractivity contribution in [2.24, 2.45) is 17.8 Å². The molecule has 1 aromatic rings. The molecule has 2 fully saturated rings. The Balaban J connectivity index is 1.43. The number of ether oxygens (including phenoxy) is 1. The second-order valence-electron chi connectivity index (χ2n) is 7.17. The van der Waals surface area contributed by atoms with Crippen molar-refractivity contribution < 1.29 is 14.3 Å². The first-order valence-electron chi connectivity index (χ1n) is 8.54. The predicted octanol–water partition coefficient (Wildman–Crippen LogP) is 3.61. The Bertz CT molecular complexity index is 611. The van der Waals surface area contributed by atoms with Gasteiger partial charge in [0.05, 0.1) is 0 Å². The van der Waals surface area contributed by atoms with Crippen LogP contribution < -0.4 is 5.32 Å². The molecule has 1 amide bonds. The minimum Gasteiger partial charge on any atom is -0.456 e. The van der Waals surface area contributed by atoms with Gasteiger partial charge in [0.25, 0.3) is 5.91 Å². The molecule has 0 saturated heterocycles. The van der Waals surface area contributed by atoms with Gasteiger partial charge in [-0.3, -0.25) is 9.59 Å². The molecule has 2 bridgehead atoms. The normalized spacial score (nSPS) is 25.4. The molecule has 3 rings (SSSR count). The fraction of sp³-hybridized carbons (Fsp3) is 0.579. The summed E-state index contributed by atoms with van der Waals surface area (Å²) in [5, 5.41) is 2.81. The minimum absolute atomic E-state index is 0.201. The maximum absolute atomic E-state index is 12.0. The van der Waals surface area contributed by atoms with Crippen molar-refractivity contribution in [1.29, 1.82) is 0 Å². The second kappa shape index (κ2) is 6.73. The van der Waals surface area contributed by atoms with Gasteiger partial charge in [0, 0.05) is 12.1 Å². The molecule has 2 aliphatic rings. The predicted molar refractivity (Wildman–Crippen MR) is 89.1 cm³/mol. The monoisotopic (exact) mass is 315 g/mol. The molecule has 1 aromatic carbocycles. The van der Waals surface area contributed by atoms with Gasteiger partial charge in [-0.2, -0.15) is 0 Å². The highest BCUT2D eigenvalue weighted by molar-refractivity contribution is 5.93. The zero-order chi connectivity index (χ0) is 16.4. The van der Waals surface area contributed by atoms with Crippen molar-refractivity contribution in [3.63, 3.8) is 0 Å². The van der Waals surface area contributed by atoms with Gasteiger partial charge in [0.2, 0.25) is 0 Å². The van der Waals surface area contributed by atoms with Gasteiger partial charge in [-0.1, -0.05) is 18.6 Å². The van der Waals surface area contributed by atoms with E-state index in [0.717, 1.165) is 29.2 Å². The molecular formula is C19H25NO3. The number of nitrogens with one attached hydrogen (secondary N) is 1. The zero-order valence-corrected chi connectivity index (χ0v) is 13.9. The molecule has 4 nitrogen and oxygen atoms in total. The van der Waals surface area contributed by atoms with Crippen LogP contribution in [0.5, 0.6) is 0 Å². The number of esters is 1. The topological polar surface area (TPSA) is 55.4 Å². The Hall–Kier alpha value is -1.84. The first kappa shape index (κ1) is 16.0. The zero-order valence-electron chi connectivity index (χ0n) is 13.9. The Morgan fingerprint density at radius 1 is 1.22 bits per heavy atom. The Labute approximate surface area is 137 Å². The average Bonchev–Trinajstić information content (AvgIpc) is 3.11. The Morgan fingerprint density at radius 3 is 2.74 bits per heavy atom. The van der Waals surface area contributed by atoms with Crippen LogP contribution in [0.4, 0.5) is 5.69 Å². The van der Waals surface area contributed by atoms with E-state index in [1.807, 2.05) is 32.0 Å². The molecule has 2 saturated carbocycles. The minimum atomic E-state index is -0.278. The van der Waals surface area contributed by atoms with Crippen LogP contribution in [-0.2, 0) is 14.3 Å². The third kappa shape index (κ3) is 3.92. The molecule has 0 unspecified atom stereocenters. The lowest BCUT2D eigenvalue weighted by molar-refractivity contribution is -0.148. The highest BCUT2D eigenvalue weighted by Gasteiger charge is 2.40. The first-order chi connectivity index (χ1) is 11.0. The highest BCUT2D eigenvalue weighted by Crippen LogP contribution is 2.49. The number of carbonyl (C=O) groups is 2. The number of rotatable bonds is 5. The van der Waals surface area contributed by atoms with Crippen molar-refractivity contribution in [3.8, 4) is 0 Å². The fourth-order valence-corrected chi connectivity index (χ4v) is 4.10. The van der Waals surface area contributed by atoms with E-state index in [-0.39, 0.29) is 18.5 Å². The van der Waals surface area contributed by atoms with Crippen LogP contribution in [0.25, 0.3) is 0 Å². The molecule has 0 radical (unpaired) electrons. The second-order valence-corrected chi connectivity index (χ2v) is 7.17. The summed E-state index contributed by atoms with van der Waals surface area (Å²) in [5.74, 6) is 1.49. The van der Waals surface area contributed by atoms with E-state index < -0.39 is 0 Å². The van der Waals surface area contributed by atoms with Crippen LogP contribution in [0.1, 0.15) is 43.2 Å². The van der Waals surface area contributed by atoms with Crippen LogP contribution in [0.2, 0.25) is 0 Å². The lowest BCUT2D eigenvalue weighted by atomic mass is 9.86. The third-order valence-electron chi connectivity index (χ3n) is 5.34. The van der Waals surface area contributed by atoms with Crippen LogP contribution in [0, 0.1) is 31.6 Å². The van der Waals surface area contributed by atoms with E-state index in [1.165, 1.54) is 19.3 Å². The summed E-state index contributed by atoms with van der Waals surface area (Å²) in [5.41, 5.74) is 2.86. The third-order valence-corrected chi connectivity index (χ3v) is 5.34. The number of fused-ring (bicyclic) bond motifs is 2. The first-order valence-corrected chi connectivity index (χ1v) is 8.54. The smallest absolute Gasteiger partial charge is 0.306 e. The van der Waals surface area contributed by atoms with Crippen LogP contribution >= 0.6 is 0 Å². The standard InChI is InChI=1S/C19H25NO3/c1-12-3-4-13(2)17(7-12)20-18(21)11-23-19(22)10-16-9-14-5-6-15(16)8-14/h3-4,7,14-16H,5-6,8-11H2,1-2H3,(H,20,21)/t14-,15-,16+/m1/s1. The largest absolute Gasteiger partial charge is 0.456 e. The van der Waals surface area contributed by atoms with Crippen LogP contribution in [-0.4, -0.2) is 18.5 Å². The molecule has 0 aromatic heterocycles. The summed E-state index contributed by atoms with van der Waals surface area (Å²) in [6, 6.07) is 5.89. The number of hydrogen-bond donors (Lipinski definition) is 1. The van der Waals surface area contributed by atoms with Crippen molar-refractivity contribution in [2.75, 3.05) is 11.9 Å². The number of benzene rings is 1. The molecule has 124 valence electrons. The maximum atomic E-state index is 12.0. The van der Waals surface area contributed by atoms with Gasteiger partial charge < -0.3 is 10.1 Å². The SMILES string of the molecule is Cc1ccc(C)c(NC(=O)COC(=O)C[C@@H]2C[C@@H]3CC[C@@H]2C3)c1. The molecule has 4 heteroatoms. The maximum Gasteiger partial charge on any atom is 0.306 e. The summed E-state index contributed by atoms with van der Waals surface area (Å²) in [4.78, 5) is 23.9. The van der Waals surface area contributed by atoms with Crippen molar-refractivity contribution in [3.05, 3.63) is 29.3 Å². The summed E-state index contributed by atoms with van der Waals surface area (Å²) >= 11 is 0.